The van der Waals surface area contributed by atoms with Crippen LogP contribution in [0.1, 0.15) is 30.0 Å². The average Bonchev–Trinajstić information content (AvgIpc) is 2.75. The quantitative estimate of drug-likeness (QED) is 0.854. The van der Waals surface area contributed by atoms with Gasteiger partial charge in [0.05, 0.1) is 12.2 Å². The Labute approximate surface area is 105 Å². The Morgan fingerprint density at radius 2 is 2.24 bits per heavy atom. The third-order valence-corrected chi connectivity index (χ3v) is 3.95. The minimum absolute atomic E-state index is 0.380. The highest BCUT2D eigenvalue weighted by Crippen LogP contribution is 2.33. The highest BCUT2D eigenvalue weighted by Gasteiger charge is 2.20. The fraction of sp³-hybridized carbons (Fsp3) is 0.308. The summed E-state index contributed by atoms with van der Waals surface area (Å²) in [6.07, 6.45) is 5.29. The molecule has 0 unspecified atom stereocenters. The maximum Gasteiger partial charge on any atom is 0.185 e. The van der Waals surface area contributed by atoms with Crippen molar-refractivity contribution < 1.29 is 0 Å². The van der Waals surface area contributed by atoms with Crippen molar-refractivity contribution >= 4 is 21.5 Å². The van der Waals surface area contributed by atoms with Crippen LogP contribution in [0.2, 0.25) is 0 Å². The number of nitrogens with one attached hydrogen (secondary N) is 1. The number of hydrogen-bond acceptors (Lipinski definition) is 4. The molecule has 3 nitrogen and oxygen atoms in total. The molecule has 0 spiro atoms. The highest BCUT2D eigenvalue weighted by molar-refractivity contribution is 7.19. The van der Waals surface area contributed by atoms with Crippen molar-refractivity contribution in [2.45, 2.75) is 25.3 Å². The van der Waals surface area contributed by atoms with Crippen LogP contribution in [0, 0.1) is 0 Å². The number of nitrogen functional groups attached to an aromatic ring is 1. The lowest BCUT2D eigenvalue weighted by Gasteiger charge is -2.26. The second-order valence-electron chi connectivity index (χ2n) is 4.36. The first-order valence-corrected chi connectivity index (χ1v) is 6.70. The summed E-state index contributed by atoms with van der Waals surface area (Å²) in [6.45, 7) is 0. The lowest BCUT2D eigenvalue weighted by molar-refractivity contribution is 0.600. The first-order chi connectivity index (χ1) is 8.33. The molecule has 1 aliphatic rings. The maximum atomic E-state index is 5.69. The van der Waals surface area contributed by atoms with Crippen LogP contribution in [0.25, 0.3) is 0 Å². The van der Waals surface area contributed by atoms with Gasteiger partial charge in [-0.15, -0.1) is 0 Å². The van der Waals surface area contributed by atoms with Gasteiger partial charge in [-0.3, -0.25) is 0 Å². The summed E-state index contributed by atoms with van der Waals surface area (Å²) in [5.41, 5.74) is 8.56. The molecule has 3 N–H and O–H groups in total. The Bertz CT molecular complexity index is 521. The lowest BCUT2D eigenvalue weighted by Crippen LogP contribution is -2.17. The molecule has 1 atom stereocenters. The number of aryl methyl sites for hydroxylation is 1. The van der Waals surface area contributed by atoms with Gasteiger partial charge in [-0.1, -0.05) is 35.6 Å². The van der Waals surface area contributed by atoms with E-state index in [1.807, 2.05) is 0 Å². The van der Waals surface area contributed by atoms with E-state index < -0.39 is 0 Å². The van der Waals surface area contributed by atoms with Gasteiger partial charge in [0.15, 0.2) is 5.13 Å². The molecule has 0 saturated carbocycles. The Morgan fingerprint density at radius 3 is 3.06 bits per heavy atom. The predicted octanol–water partition coefficient (Wildman–Crippen LogP) is 3.21. The summed E-state index contributed by atoms with van der Waals surface area (Å²) in [5.74, 6) is 0. The molecule has 17 heavy (non-hydrogen) atoms. The number of benzene rings is 1. The van der Waals surface area contributed by atoms with E-state index >= 15 is 0 Å². The summed E-state index contributed by atoms with van der Waals surface area (Å²) in [7, 11) is 0. The minimum Gasteiger partial charge on any atom is -0.389 e. The van der Waals surface area contributed by atoms with Gasteiger partial charge < -0.3 is 11.1 Å². The zero-order valence-electron chi connectivity index (χ0n) is 9.52. The fourth-order valence-electron chi connectivity index (χ4n) is 2.41. The van der Waals surface area contributed by atoms with Crippen molar-refractivity contribution in [2.24, 2.45) is 0 Å². The second kappa shape index (κ2) is 4.37. The van der Waals surface area contributed by atoms with E-state index in [4.69, 9.17) is 5.73 Å². The van der Waals surface area contributed by atoms with Crippen LogP contribution in [0.3, 0.4) is 0 Å². The number of nitrogens with zero attached hydrogens (tertiary/aromatic N) is 1. The number of hydrogen-bond donors (Lipinski definition) is 2. The molecule has 1 aromatic carbocycles. The van der Waals surface area contributed by atoms with Gasteiger partial charge in [-0.2, -0.15) is 0 Å². The van der Waals surface area contributed by atoms with Gasteiger partial charge in [0.25, 0.3) is 0 Å². The molecule has 1 heterocycles. The molecule has 3 rings (SSSR count). The molecule has 0 saturated heterocycles. The van der Waals surface area contributed by atoms with Crippen LogP contribution < -0.4 is 11.1 Å². The minimum atomic E-state index is 0.380. The summed E-state index contributed by atoms with van der Waals surface area (Å²) < 4.78 is 0. The molecule has 0 aliphatic heterocycles. The number of anilines is 2. The van der Waals surface area contributed by atoms with Crippen molar-refractivity contribution in [3.63, 3.8) is 0 Å². The van der Waals surface area contributed by atoms with Crippen molar-refractivity contribution in [2.75, 3.05) is 11.1 Å². The second-order valence-corrected chi connectivity index (χ2v) is 5.42. The molecule has 1 aliphatic carbocycles. The summed E-state index contributed by atoms with van der Waals surface area (Å²) in [4.78, 5) is 4.27. The van der Waals surface area contributed by atoms with Crippen LogP contribution in [0.15, 0.2) is 30.5 Å². The van der Waals surface area contributed by atoms with Crippen LogP contribution in [-0.4, -0.2) is 4.98 Å². The topological polar surface area (TPSA) is 50.9 Å². The van der Waals surface area contributed by atoms with Gasteiger partial charge in [0.2, 0.25) is 0 Å². The number of nitrogens with two attached hydrogens (primary N) is 1. The van der Waals surface area contributed by atoms with Crippen molar-refractivity contribution in [3.8, 4) is 0 Å². The van der Waals surface area contributed by atoms with Crippen LogP contribution in [-0.2, 0) is 6.42 Å². The standard InChI is InChI=1S/C13H15N3S/c14-12-8-15-13(17-12)16-11-7-3-5-9-4-1-2-6-10(9)11/h1-2,4,6,8,11H,3,5,7,14H2,(H,15,16)/t11-/m1/s1. The normalized spacial score (nSPS) is 18.7. The average molecular weight is 245 g/mol. The third kappa shape index (κ3) is 2.13. The molecule has 2 aromatic rings. The Hall–Kier alpha value is -1.55. The zero-order valence-corrected chi connectivity index (χ0v) is 10.3. The summed E-state index contributed by atoms with van der Waals surface area (Å²) in [6, 6.07) is 9.03. The number of thiazole rings is 1. The van der Waals surface area contributed by atoms with Gasteiger partial charge in [-0.05, 0) is 30.4 Å². The Morgan fingerprint density at radius 1 is 1.35 bits per heavy atom. The Balaban J connectivity index is 1.85. The summed E-state index contributed by atoms with van der Waals surface area (Å²) in [5, 5.41) is 5.17. The molecule has 0 amide bonds. The van der Waals surface area contributed by atoms with Gasteiger partial charge in [0.1, 0.15) is 5.00 Å². The van der Waals surface area contributed by atoms with E-state index in [0.717, 1.165) is 16.6 Å². The smallest absolute Gasteiger partial charge is 0.185 e. The number of rotatable bonds is 2. The Kier molecular flexibility index (Phi) is 2.73. The van der Waals surface area contributed by atoms with E-state index in [1.54, 1.807) is 6.20 Å². The third-order valence-electron chi connectivity index (χ3n) is 3.19. The largest absolute Gasteiger partial charge is 0.389 e. The lowest BCUT2D eigenvalue weighted by atomic mass is 9.88. The van der Waals surface area contributed by atoms with E-state index in [1.165, 1.54) is 35.3 Å². The molecular formula is C13H15N3S. The molecule has 0 bridgehead atoms. The molecule has 1 aromatic heterocycles. The molecule has 4 heteroatoms. The molecule has 0 fully saturated rings. The first kappa shape index (κ1) is 10.6. The van der Waals surface area contributed by atoms with E-state index in [9.17, 15) is 0 Å². The predicted molar refractivity (Wildman–Crippen MR) is 72.3 cm³/mol. The van der Waals surface area contributed by atoms with Crippen molar-refractivity contribution in [1.82, 2.24) is 4.98 Å². The van der Waals surface area contributed by atoms with Gasteiger partial charge >= 0.3 is 0 Å². The zero-order chi connectivity index (χ0) is 11.7. The highest BCUT2D eigenvalue weighted by atomic mass is 32.1. The molecule has 0 radical (unpaired) electrons. The molecular weight excluding hydrogens is 230 g/mol. The van der Waals surface area contributed by atoms with E-state index in [-0.39, 0.29) is 0 Å². The monoisotopic (exact) mass is 245 g/mol. The SMILES string of the molecule is Nc1cnc(N[C@@H]2CCCc3ccccc32)s1. The van der Waals surface area contributed by atoms with Crippen LogP contribution >= 0.6 is 11.3 Å². The van der Waals surface area contributed by atoms with E-state index in [0.29, 0.717) is 6.04 Å². The fourth-order valence-corrected chi connectivity index (χ4v) is 3.04. The maximum absolute atomic E-state index is 5.69. The summed E-state index contributed by atoms with van der Waals surface area (Å²) >= 11 is 1.51. The van der Waals surface area contributed by atoms with Crippen LogP contribution in [0.4, 0.5) is 10.1 Å². The van der Waals surface area contributed by atoms with Gasteiger partial charge in [-0.25, -0.2) is 4.98 Å². The number of aromatic nitrogens is 1. The van der Waals surface area contributed by atoms with E-state index in [2.05, 4.69) is 34.6 Å². The number of fused-ring (bicyclic) bond motifs is 1. The molecule has 88 valence electrons. The van der Waals surface area contributed by atoms with Gasteiger partial charge in [0, 0.05) is 0 Å². The van der Waals surface area contributed by atoms with Crippen LogP contribution in [0.5, 0.6) is 0 Å². The first-order valence-electron chi connectivity index (χ1n) is 5.88. The van der Waals surface area contributed by atoms with Crippen molar-refractivity contribution in [1.29, 1.82) is 0 Å². The van der Waals surface area contributed by atoms with Crippen molar-refractivity contribution in [3.05, 3.63) is 41.6 Å².